The highest BCUT2D eigenvalue weighted by Gasteiger charge is 2.57. The number of benzene rings is 1. The van der Waals surface area contributed by atoms with Gasteiger partial charge < -0.3 is 14.4 Å². The number of imide groups is 1. The number of carbonyl (C=O) groups excluding carboxylic acids is 3. The molecule has 3 amide bonds. The molecular formula is C27H34N4O5. The molecule has 1 aromatic carbocycles. The molecule has 0 N–H and O–H groups in total. The van der Waals surface area contributed by atoms with Gasteiger partial charge in [0.15, 0.2) is 0 Å². The van der Waals surface area contributed by atoms with Gasteiger partial charge in [-0.1, -0.05) is 18.2 Å². The summed E-state index contributed by atoms with van der Waals surface area (Å²) >= 11 is 0. The second kappa shape index (κ2) is 11.6. The van der Waals surface area contributed by atoms with Gasteiger partial charge in [-0.25, -0.2) is 9.59 Å². The van der Waals surface area contributed by atoms with Crippen molar-refractivity contribution in [3.8, 4) is 0 Å². The quantitative estimate of drug-likeness (QED) is 0.370. The van der Waals surface area contributed by atoms with Crippen molar-refractivity contribution >= 4 is 17.9 Å². The van der Waals surface area contributed by atoms with Crippen molar-refractivity contribution < 1.29 is 23.9 Å². The first kappa shape index (κ1) is 25.8. The predicted molar refractivity (Wildman–Crippen MR) is 133 cm³/mol. The smallest absolute Gasteiger partial charge is 0.337 e. The Hall–Kier alpha value is -3.30. The zero-order valence-corrected chi connectivity index (χ0v) is 21.0. The first-order valence-corrected chi connectivity index (χ1v) is 12.4. The average molecular weight is 495 g/mol. The van der Waals surface area contributed by atoms with E-state index in [1.54, 1.807) is 30.3 Å². The summed E-state index contributed by atoms with van der Waals surface area (Å²) in [6, 6.07) is 11.1. The molecule has 0 bridgehead atoms. The number of aryl methyl sites for hydroxylation is 1. The lowest BCUT2D eigenvalue weighted by Gasteiger charge is -2.42. The number of methoxy groups -OCH3 is 2. The number of hydrogen-bond acceptors (Lipinski definition) is 7. The monoisotopic (exact) mass is 494 g/mol. The summed E-state index contributed by atoms with van der Waals surface area (Å²) in [5.74, 6) is -0.441. The Morgan fingerprint density at radius 2 is 1.78 bits per heavy atom. The zero-order valence-electron chi connectivity index (χ0n) is 21.0. The minimum absolute atomic E-state index is 0.0862. The Morgan fingerprint density at radius 1 is 1.03 bits per heavy atom. The summed E-state index contributed by atoms with van der Waals surface area (Å²) in [6.07, 6.45) is 6.18. The second-order valence-electron chi connectivity index (χ2n) is 9.34. The number of ether oxygens (including phenoxy) is 2. The van der Waals surface area contributed by atoms with Crippen LogP contribution in [0.3, 0.4) is 0 Å². The molecule has 4 rings (SSSR count). The van der Waals surface area contributed by atoms with Gasteiger partial charge in [0, 0.05) is 52.2 Å². The average Bonchev–Trinajstić information content (AvgIpc) is 3.10. The number of likely N-dealkylation sites (tertiary alicyclic amines) is 1. The molecule has 0 unspecified atom stereocenters. The maximum absolute atomic E-state index is 13.7. The normalized spacial score (nSPS) is 17.7. The first-order chi connectivity index (χ1) is 17.5. The molecule has 1 spiro atoms. The van der Waals surface area contributed by atoms with E-state index < -0.39 is 5.54 Å². The fourth-order valence-electron chi connectivity index (χ4n) is 5.15. The number of rotatable bonds is 10. The van der Waals surface area contributed by atoms with E-state index in [2.05, 4.69) is 9.88 Å². The topological polar surface area (TPSA) is 92.3 Å². The summed E-state index contributed by atoms with van der Waals surface area (Å²) in [5.41, 5.74) is 1.89. The standard InChI is InChI=1S/C27H34N4O5/c1-35-18-17-31-26(34)30(14-4-6-21-5-3-13-28-19-21)25(33)27(31)11-15-29(16-12-27)20-22-7-9-23(10-8-22)24(32)36-2/h3,5,7-10,13,19H,4,6,11-12,14-18,20H2,1-2H3. The third-order valence-electron chi connectivity index (χ3n) is 7.18. The van der Waals surface area contributed by atoms with Gasteiger partial charge in [-0.2, -0.15) is 0 Å². The van der Waals surface area contributed by atoms with E-state index in [-0.39, 0.29) is 17.9 Å². The van der Waals surface area contributed by atoms with E-state index in [0.717, 1.165) is 17.5 Å². The molecule has 0 radical (unpaired) electrons. The molecule has 1 aromatic heterocycles. The van der Waals surface area contributed by atoms with Crippen LogP contribution >= 0.6 is 0 Å². The van der Waals surface area contributed by atoms with Crippen LogP contribution in [0.5, 0.6) is 0 Å². The summed E-state index contributed by atoms with van der Waals surface area (Å²) in [7, 11) is 2.97. The van der Waals surface area contributed by atoms with Crippen LogP contribution in [-0.2, 0) is 27.2 Å². The molecule has 9 heteroatoms. The molecule has 3 heterocycles. The largest absolute Gasteiger partial charge is 0.465 e. The van der Waals surface area contributed by atoms with Crippen LogP contribution in [0.4, 0.5) is 4.79 Å². The van der Waals surface area contributed by atoms with Gasteiger partial charge in [0.1, 0.15) is 5.54 Å². The first-order valence-electron chi connectivity index (χ1n) is 12.4. The van der Waals surface area contributed by atoms with Gasteiger partial charge >= 0.3 is 12.0 Å². The molecule has 0 atom stereocenters. The van der Waals surface area contributed by atoms with Gasteiger partial charge in [-0.15, -0.1) is 0 Å². The second-order valence-corrected chi connectivity index (χ2v) is 9.34. The van der Waals surface area contributed by atoms with Gasteiger partial charge in [0.05, 0.1) is 19.3 Å². The van der Waals surface area contributed by atoms with E-state index in [4.69, 9.17) is 9.47 Å². The third kappa shape index (κ3) is 5.42. The van der Waals surface area contributed by atoms with Crippen LogP contribution in [0.25, 0.3) is 0 Å². The van der Waals surface area contributed by atoms with Crippen molar-refractivity contribution in [3.63, 3.8) is 0 Å². The summed E-state index contributed by atoms with van der Waals surface area (Å²) in [6.45, 7) is 3.30. The maximum Gasteiger partial charge on any atom is 0.337 e. The number of piperidine rings is 1. The number of aromatic nitrogens is 1. The molecule has 2 aromatic rings. The maximum atomic E-state index is 13.7. The third-order valence-corrected chi connectivity index (χ3v) is 7.18. The van der Waals surface area contributed by atoms with Crippen molar-refractivity contribution in [1.29, 1.82) is 0 Å². The molecular weight excluding hydrogens is 460 g/mol. The van der Waals surface area contributed by atoms with Crippen molar-refractivity contribution in [2.24, 2.45) is 0 Å². The fraction of sp³-hybridized carbons (Fsp3) is 0.481. The number of urea groups is 1. The van der Waals surface area contributed by atoms with Gasteiger partial charge in [0.2, 0.25) is 0 Å². The lowest BCUT2D eigenvalue weighted by atomic mass is 9.85. The Morgan fingerprint density at radius 3 is 2.42 bits per heavy atom. The molecule has 192 valence electrons. The Kier molecular flexibility index (Phi) is 8.32. The van der Waals surface area contributed by atoms with E-state index in [1.165, 1.54) is 12.0 Å². The van der Waals surface area contributed by atoms with Crippen molar-refractivity contribution in [1.82, 2.24) is 19.7 Å². The van der Waals surface area contributed by atoms with Crippen LogP contribution < -0.4 is 0 Å². The Bertz CT molecular complexity index is 1050. The van der Waals surface area contributed by atoms with E-state index in [9.17, 15) is 14.4 Å². The molecule has 9 nitrogen and oxygen atoms in total. The fourth-order valence-corrected chi connectivity index (χ4v) is 5.15. The van der Waals surface area contributed by atoms with Crippen LogP contribution in [0.2, 0.25) is 0 Å². The minimum atomic E-state index is -0.810. The molecule has 2 aliphatic rings. The van der Waals surface area contributed by atoms with Crippen LogP contribution in [0, 0.1) is 0 Å². The molecule has 2 aliphatic heterocycles. The van der Waals surface area contributed by atoms with Gasteiger partial charge in [-0.05, 0) is 55.0 Å². The summed E-state index contributed by atoms with van der Waals surface area (Å²) in [5, 5.41) is 0. The van der Waals surface area contributed by atoms with Crippen molar-refractivity contribution in [2.75, 3.05) is 47.0 Å². The lowest BCUT2D eigenvalue weighted by molar-refractivity contribution is -0.136. The molecule has 0 aliphatic carbocycles. The number of hydrogen-bond donors (Lipinski definition) is 0. The molecule has 36 heavy (non-hydrogen) atoms. The molecule has 2 fully saturated rings. The van der Waals surface area contributed by atoms with Crippen molar-refractivity contribution in [2.45, 2.75) is 37.8 Å². The van der Waals surface area contributed by atoms with E-state index in [1.807, 2.05) is 30.5 Å². The molecule has 0 saturated carbocycles. The van der Waals surface area contributed by atoms with Crippen LogP contribution in [0.15, 0.2) is 48.8 Å². The highest BCUT2D eigenvalue weighted by atomic mass is 16.5. The van der Waals surface area contributed by atoms with Crippen molar-refractivity contribution in [3.05, 3.63) is 65.5 Å². The van der Waals surface area contributed by atoms with Gasteiger partial charge in [-0.3, -0.25) is 19.6 Å². The van der Waals surface area contributed by atoms with Gasteiger partial charge in [0.25, 0.3) is 5.91 Å². The highest BCUT2D eigenvalue weighted by Crippen LogP contribution is 2.37. The number of carbonyl (C=O) groups is 3. The number of pyridine rings is 1. The number of nitrogens with zero attached hydrogens (tertiary/aromatic N) is 4. The minimum Gasteiger partial charge on any atom is -0.465 e. The Balaban J connectivity index is 1.39. The van der Waals surface area contributed by atoms with E-state index in [0.29, 0.717) is 64.2 Å². The zero-order chi connectivity index (χ0) is 25.5. The highest BCUT2D eigenvalue weighted by molar-refractivity contribution is 6.07. The predicted octanol–water partition coefficient (Wildman–Crippen LogP) is 2.75. The van der Waals surface area contributed by atoms with Crippen LogP contribution in [-0.4, -0.2) is 90.1 Å². The van der Waals surface area contributed by atoms with Crippen LogP contribution in [0.1, 0.15) is 40.7 Å². The SMILES string of the molecule is COCCN1C(=O)N(CCCc2cccnc2)C(=O)C12CCN(Cc1ccc(C(=O)OC)cc1)CC2. The summed E-state index contributed by atoms with van der Waals surface area (Å²) < 4.78 is 10.0. The Labute approximate surface area is 212 Å². The van der Waals surface area contributed by atoms with E-state index >= 15 is 0 Å². The number of esters is 1. The molecule has 2 saturated heterocycles. The number of amides is 3. The summed E-state index contributed by atoms with van der Waals surface area (Å²) in [4.78, 5) is 48.3. The lowest BCUT2D eigenvalue weighted by Crippen LogP contribution is -2.57.